The van der Waals surface area contributed by atoms with Gasteiger partial charge in [-0.15, -0.1) is 0 Å². The quantitative estimate of drug-likeness (QED) is 0.871. The number of anilines is 1. The summed E-state index contributed by atoms with van der Waals surface area (Å²) in [5.41, 5.74) is 4.25. The van der Waals surface area contributed by atoms with E-state index in [1.54, 1.807) is 0 Å². The number of halogens is 1. The fourth-order valence-electron chi connectivity index (χ4n) is 2.40. The highest BCUT2D eigenvalue weighted by molar-refractivity contribution is 6.31. The van der Waals surface area contributed by atoms with Gasteiger partial charge in [0, 0.05) is 6.54 Å². The largest absolute Gasteiger partial charge is 0.487 e. The number of aryl methyl sites for hydroxylation is 3. The second-order valence-electron chi connectivity index (χ2n) is 5.17. The molecular weight excluding hydrogens is 284 g/mol. The number of pyridine rings is 1. The fraction of sp³-hybridized carbons (Fsp3) is 0.353. The lowest BCUT2D eigenvalue weighted by Gasteiger charge is -2.14. The molecule has 2 aromatic rings. The molecule has 0 aliphatic rings. The molecule has 0 aliphatic carbocycles. The van der Waals surface area contributed by atoms with Crippen molar-refractivity contribution < 1.29 is 4.74 Å². The Hall–Kier alpha value is -1.74. The Labute approximate surface area is 131 Å². The van der Waals surface area contributed by atoms with Gasteiger partial charge in [-0.05, 0) is 51.0 Å². The highest BCUT2D eigenvalue weighted by Gasteiger charge is 2.09. The van der Waals surface area contributed by atoms with Gasteiger partial charge in [0.2, 0.25) is 0 Å². The summed E-state index contributed by atoms with van der Waals surface area (Å²) in [6.45, 7) is 9.42. The fourth-order valence-corrected chi connectivity index (χ4v) is 2.56. The third kappa shape index (κ3) is 3.88. The lowest BCUT2D eigenvalue weighted by atomic mass is 10.1. The number of nitrogens with one attached hydrogen (secondary N) is 1. The Morgan fingerprint density at radius 1 is 1.14 bits per heavy atom. The van der Waals surface area contributed by atoms with Crippen molar-refractivity contribution in [2.45, 2.75) is 34.3 Å². The van der Waals surface area contributed by atoms with Crippen LogP contribution < -0.4 is 10.1 Å². The first-order valence-corrected chi connectivity index (χ1v) is 7.49. The van der Waals surface area contributed by atoms with Crippen LogP contribution in [0.15, 0.2) is 24.3 Å². The molecular formula is C17H21ClN2O. The summed E-state index contributed by atoms with van der Waals surface area (Å²) < 4.78 is 5.95. The minimum atomic E-state index is 0.364. The van der Waals surface area contributed by atoms with Crippen LogP contribution in [0.2, 0.25) is 5.02 Å². The molecule has 0 unspecified atom stereocenters. The van der Waals surface area contributed by atoms with Crippen molar-refractivity contribution in [3.8, 4) is 5.75 Å². The van der Waals surface area contributed by atoms with Crippen LogP contribution in [-0.2, 0) is 6.61 Å². The third-order valence-corrected chi connectivity index (χ3v) is 3.58. The summed E-state index contributed by atoms with van der Waals surface area (Å²) in [7, 11) is 0. The predicted molar refractivity (Wildman–Crippen MR) is 88.4 cm³/mol. The van der Waals surface area contributed by atoms with Crippen LogP contribution >= 0.6 is 11.6 Å². The molecule has 0 fully saturated rings. The van der Waals surface area contributed by atoms with Gasteiger partial charge >= 0.3 is 0 Å². The van der Waals surface area contributed by atoms with Crippen molar-refractivity contribution in [3.63, 3.8) is 0 Å². The number of rotatable bonds is 5. The zero-order chi connectivity index (χ0) is 15.4. The maximum atomic E-state index is 6.20. The third-order valence-electron chi connectivity index (χ3n) is 3.23. The topological polar surface area (TPSA) is 34.1 Å². The van der Waals surface area contributed by atoms with Gasteiger partial charge in [-0.2, -0.15) is 0 Å². The van der Waals surface area contributed by atoms with Crippen LogP contribution in [0.3, 0.4) is 0 Å². The molecule has 1 aromatic heterocycles. The molecule has 0 radical (unpaired) electrons. The Bertz CT molecular complexity index is 618. The molecule has 1 aromatic carbocycles. The molecule has 0 spiro atoms. The zero-order valence-corrected chi connectivity index (χ0v) is 13.7. The first-order chi connectivity index (χ1) is 10.0. The van der Waals surface area contributed by atoms with E-state index in [4.69, 9.17) is 16.3 Å². The van der Waals surface area contributed by atoms with E-state index in [0.717, 1.165) is 34.9 Å². The number of benzene rings is 1. The van der Waals surface area contributed by atoms with Gasteiger partial charge in [-0.25, -0.2) is 4.98 Å². The lowest BCUT2D eigenvalue weighted by Crippen LogP contribution is -2.05. The number of ether oxygens (including phenoxy) is 1. The molecule has 4 heteroatoms. The van der Waals surface area contributed by atoms with Crippen LogP contribution in [0.25, 0.3) is 0 Å². The number of hydrogen-bond donors (Lipinski definition) is 1. The van der Waals surface area contributed by atoms with E-state index >= 15 is 0 Å². The van der Waals surface area contributed by atoms with Gasteiger partial charge in [-0.3, -0.25) is 0 Å². The molecule has 21 heavy (non-hydrogen) atoms. The Morgan fingerprint density at radius 3 is 2.43 bits per heavy atom. The summed E-state index contributed by atoms with van der Waals surface area (Å²) >= 11 is 6.20. The molecule has 1 heterocycles. The minimum absolute atomic E-state index is 0.364. The van der Waals surface area contributed by atoms with Gasteiger partial charge in [0.15, 0.2) is 0 Å². The molecule has 2 rings (SSSR count). The van der Waals surface area contributed by atoms with Crippen LogP contribution in [0.1, 0.15) is 29.3 Å². The molecule has 0 saturated carbocycles. The average molecular weight is 305 g/mol. The molecule has 0 bridgehead atoms. The summed E-state index contributed by atoms with van der Waals surface area (Å²) in [5, 5.41) is 3.80. The normalized spacial score (nSPS) is 10.5. The number of nitrogens with zero attached hydrogens (tertiary/aromatic N) is 1. The minimum Gasteiger partial charge on any atom is -0.487 e. The molecule has 0 atom stereocenters. The second-order valence-corrected chi connectivity index (χ2v) is 5.58. The van der Waals surface area contributed by atoms with Crippen LogP contribution in [-0.4, -0.2) is 11.5 Å². The maximum Gasteiger partial charge on any atom is 0.132 e. The van der Waals surface area contributed by atoms with Gasteiger partial charge < -0.3 is 10.1 Å². The van der Waals surface area contributed by atoms with Crippen molar-refractivity contribution in [1.29, 1.82) is 0 Å². The van der Waals surface area contributed by atoms with Gasteiger partial charge in [0.05, 0.1) is 10.7 Å². The van der Waals surface area contributed by atoms with E-state index in [-0.39, 0.29) is 0 Å². The number of aromatic nitrogens is 1. The molecule has 0 aliphatic heterocycles. The summed E-state index contributed by atoms with van der Waals surface area (Å²) in [4.78, 5) is 4.49. The van der Waals surface area contributed by atoms with Crippen molar-refractivity contribution in [3.05, 3.63) is 51.7 Å². The molecule has 112 valence electrons. The first-order valence-electron chi connectivity index (χ1n) is 7.11. The van der Waals surface area contributed by atoms with Gasteiger partial charge in [-0.1, -0.05) is 29.3 Å². The van der Waals surface area contributed by atoms with Gasteiger partial charge in [0.1, 0.15) is 18.2 Å². The average Bonchev–Trinajstić information content (AvgIpc) is 2.41. The second kappa shape index (κ2) is 6.81. The Kier molecular flexibility index (Phi) is 5.07. The maximum absolute atomic E-state index is 6.20. The number of hydrogen-bond acceptors (Lipinski definition) is 3. The highest BCUT2D eigenvalue weighted by Crippen LogP contribution is 2.26. The molecule has 3 nitrogen and oxygen atoms in total. The van der Waals surface area contributed by atoms with E-state index in [2.05, 4.69) is 43.2 Å². The van der Waals surface area contributed by atoms with E-state index in [1.807, 2.05) is 19.1 Å². The summed E-state index contributed by atoms with van der Waals surface area (Å²) in [6, 6.07) is 7.96. The molecule has 0 saturated heterocycles. The SMILES string of the molecule is CCNc1ccc(Cl)c(COc2c(C)cc(C)cc2C)n1. The molecule has 1 N–H and O–H groups in total. The van der Waals surface area contributed by atoms with Crippen LogP contribution in [0, 0.1) is 20.8 Å². The van der Waals surface area contributed by atoms with Crippen molar-refractivity contribution in [2.75, 3.05) is 11.9 Å². The monoisotopic (exact) mass is 304 g/mol. The smallest absolute Gasteiger partial charge is 0.132 e. The zero-order valence-electron chi connectivity index (χ0n) is 13.0. The Balaban J connectivity index is 2.18. The molecule has 0 amide bonds. The van der Waals surface area contributed by atoms with Crippen LogP contribution in [0.5, 0.6) is 5.75 Å². The van der Waals surface area contributed by atoms with E-state index in [0.29, 0.717) is 11.6 Å². The Morgan fingerprint density at radius 2 is 1.81 bits per heavy atom. The summed E-state index contributed by atoms with van der Waals surface area (Å²) in [5.74, 6) is 1.73. The van der Waals surface area contributed by atoms with Gasteiger partial charge in [0.25, 0.3) is 0 Å². The highest BCUT2D eigenvalue weighted by atomic mass is 35.5. The van der Waals surface area contributed by atoms with Crippen LogP contribution in [0.4, 0.5) is 5.82 Å². The van der Waals surface area contributed by atoms with E-state index < -0.39 is 0 Å². The van der Waals surface area contributed by atoms with E-state index in [1.165, 1.54) is 5.56 Å². The van der Waals surface area contributed by atoms with Crippen molar-refractivity contribution >= 4 is 17.4 Å². The predicted octanol–water partition coefficient (Wildman–Crippen LogP) is 4.67. The van der Waals surface area contributed by atoms with E-state index in [9.17, 15) is 0 Å². The van der Waals surface area contributed by atoms with Crippen molar-refractivity contribution in [1.82, 2.24) is 4.98 Å². The summed E-state index contributed by atoms with van der Waals surface area (Å²) in [6.07, 6.45) is 0. The van der Waals surface area contributed by atoms with Crippen molar-refractivity contribution in [2.24, 2.45) is 0 Å². The first kappa shape index (κ1) is 15.6. The lowest BCUT2D eigenvalue weighted by molar-refractivity contribution is 0.297. The standard InChI is InChI=1S/C17H21ClN2O/c1-5-19-16-7-6-14(18)15(20-16)10-21-17-12(3)8-11(2)9-13(17)4/h6-9H,5,10H2,1-4H3,(H,19,20).